The number of hydrogen-bond donors (Lipinski definition) is 1. The van der Waals surface area contributed by atoms with Gasteiger partial charge in [0.05, 0.1) is 5.54 Å². The summed E-state index contributed by atoms with van der Waals surface area (Å²) in [4.78, 5) is 23.5. The van der Waals surface area contributed by atoms with Gasteiger partial charge in [0, 0.05) is 5.92 Å². The van der Waals surface area contributed by atoms with Crippen molar-refractivity contribution in [2.75, 3.05) is 0 Å². The van der Waals surface area contributed by atoms with Gasteiger partial charge in [-0.05, 0) is 57.8 Å². The van der Waals surface area contributed by atoms with E-state index in [0.29, 0.717) is 11.8 Å². The molecule has 3 saturated carbocycles. The van der Waals surface area contributed by atoms with Gasteiger partial charge < -0.3 is 14.8 Å². The van der Waals surface area contributed by atoms with Crippen LogP contribution in [0, 0.1) is 23.2 Å². The van der Waals surface area contributed by atoms with Crippen molar-refractivity contribution < 1.29 is 14.3 Å². The van der Waals surface area contributed by atoms with Crippen molar-refractivity contribution in [1.82, 2.24) is 5.32 Å². The Balaban J connectivity index is 2.17. The van der Waals surface area contributed by atoms with Crippen LogP contribution in [-0.4, -0.2) is 23.5 Å². The Morgan fingerprint density at radius 2 is 1.85 bits per heavy atom. The smallest absolute Gasteiger partial charge is 0.408 e. The molecule has 0 spiro atoms. The zero-order valence-corrected chi connectivity index (χ0v) is 13.4. The largest absolute Gasteiger partial charge is 0.444 e. The first-order valence-corrected chi connectivity index (χ1v) is 7.47. The molecule has 0 aliphatic heterocycles. The minimum Gasteiger partial charge on any atom is -0.444 e. The van der Waals surface area contributed by atoms with E-state index < -0.39 is 17.2 Å². The maximum Gasteiger partial charge on any atom is 0.408 e. The van der Waals surface area contributed by atoms with Crippen molar-refractivity contribution in [3.63, 3.8) is 0 Å². The van der Waals surface area contributed by atoms with Crippen LogP contribution < -0.4 is 5.32 Å². The Labute approximate surface area is 121 Å². The number of nitrogens with one attached hydrogen (secondary N) is 1. The summed E-state index contributed by atoms with van der Waals surface area (Å²) in [6.07, 6.45) is 2.53. The molecule has 4 atom stereocenters. The standard InChI is InChI=1S/C16H27NO3/c1-14(2,3)20-13(19)17-16(6)11(9-18)7-10-8-12(16)15(10,4)5/h9-12H,7-8H2,1-6H3,(H,17,19)/t10-,11+,12+,16-/m1/s1. The maximum absolute atomic E-state index is 12.1. The van der Waals surface area contributed by atoms with Gasteiger partial charge >= 0.3 is 6.09 Å². The highest BCUT2D eigenvalue weighted by atomic mass is 16.6. The third-order valence-electron chi connectivity index (χ3n) is 5.44. The molecule has 20 heavy (non-hydrogen) atoms. The van der Waals surface area contributed by atoms with E-state index in [1.807, 2.05) is 27.7 Å². The molecule has 4 heteroatoms. The number of carbonyl (C=O) groups excluding carboxylic acids is 2. The Bertz CT molecular complexity index is 424. The molecule has 1 amide bonds. The summed E-state index contributed by atoms with van der Waals surface area (Å²) < 4.78 is 5.37. The summed E-state index contributed by atoms with van der Waals surface area (Å²) in [5.74, 6) is 0.805. The Kier molecular flexibility index (Phi) is 3.43. The molecule has 0 radical (unpaired) electrons. The normalized spacial score (nSPS) is 38.6. The van der Waals surface area contributed by atoms with Crippen LogP contribution in [0.15, 0.2) is 0 Å². The number of aldehydes is 1. The molecule has 3 rings (SSSR count). The van der Waals surface area contributed by atoms with Gasteiger partial charge in [0.2, 0.25) is 0 Å². The summed E-state index contributed by atoms with van der Waals surface area (Å²) in [6.45, 7) is 12.0. The lowest BCUT2D eigenvalue weighted by Gasteiger charge is -2.66. The van der Waals surface area contributed by atoms with E-state index in [9.17, 15) is 9.59 Å². The lowest BCUT2D eigenvalue weighted by atomic mass is 9.41. The van der Waals surface area contributed by atoms with E-state index in [2.05, 4.69) is 19.2 Å². The molecule has 0 aromatic rings. The van der Waals surface area contributed by atoms with Crippen LogP contribution in [0.4, 0.5) is 4.79 Å². The third kappa shape index (κ3) is 2.33. The van der Waals surface area contributed by atoms with Crippen LogP contribution >= 0.6 is 0 Å². The second-order valence-corrected chi connectivity index (χ2v) is 8.19. The van der Waals surface area contributed by atoms with E-state index in [4.69, 9.17) is 4.74 Å². The number of hydrogen-bond acceptors (Lipinski definition) is 3. The molecule has 0 aromatic carbocycles. The van der Waals surface area contributed by atoms with Crippen LogP contribution in [0.5, 0.6) is 0 Å². The fourth-order valence-electron chi connectivity index (χ4n) is 4.14. The predicted octanol–water partition coefficient (Wildman–Crippen LogP) is 3.15. The number of ether oxygens (including phenoxy) is 1. The first kappa shape index (κ1) is 15.3. The molecular weight excluding hydrogens is 254 g/mol. The van der Waals surface area contributed by atoms with Gasteiger partial charge in [0.1, 0.15) is 11.9 Å². The van der Waals surface area contributed by atoms with E-state index in [1.165, 1.54) is 0 Å². The average molecular weight is 281 g/mol. The van der Waals surface area contributed by atoms with E-state index >= 15 is 0 Å². The van der Waals surface area contributed by atoms with Crippen LogP contribution in [0.1, 0.15) is 54.4 Å². The Morgan fingerprint density at radius 1 is 1.25 bits per heavy atom. The second-order valence-electron chi connectivity index (χ2n) is 8.19. The second kappa shape index (κ2) is 4.47. The molecule has 114 valence electrons. The maximum atomic E-state index is 12.1. The third-order valence-corrected chi connectivity index (χ3v) is 5.44. The topological polar surface area (TPSA) is 55.4 Å². The monoisotopic (exact) mass is 281 g/mol. The van der Waals surface area contributed by atoms with Crippen molar-refractivity contribution in [2.45, 2.75) is 65.5 Å². The molecule has 0 saturated heterocycles. The van der Waals surface area contributed by atoms with Crippen LogP contribution in [0.25, 0.3) is 0 Å². The van der Waals surface area contributed by atoms with Gasteiger partial charge in [-0.15, -0.1) is 0 Å². The van der Waals surface area contributed by atoms with Gasteiger partial charge in [0.25, 0.3) is 0 Å². The van der Waals surface area contributed by atoms with Gasteiger partial charge in [-0.2, -0.15) is 0 Å². The van der Waals surface area contributed by atoms with E-state index in [1.54, 1.807) is 0 Å². The zero-order valence-electron chi connectivity index (χ0n) is 13.4. The molecule has 1 N–H and O–H groups in total. The lowest BCUT2D eigenvalue weighted by Crippen LogP contribution is -2.71. The van der Waals surface area contributed by atoms with Crippen LogP contribution in [0.3, 0.4) is 0 Å². The molecular formula is C16H27NO3. The predicted molar refractivity (Wildman–Crippen MR) is 77.3 cm³/mol. The molecule has 0 unspecified atom stereocenters. The molecule has 4 nitrogen and oxygen atoms in total. The highest BCUT2D eigenvalue weighted by Crippen LogP contribution is 2.64. The number of rotatable bonds is 2. The molecule has 0 aromatic heterocycles. The average Bonchev–Trinajstić information content (AvgIpc) is 2.24. The van der Waals surface area contributed by atoms with Gasteiger partial charge in [-0.1, -0.05) is 13.8 Å². The first-order chi connectivity index (χ1) is 9.00. The minimum atomic E-state index is -0.524. The van der Waals surface area contributed by atoms with Crippen molar-refractivity contribution in [3.8, 4) is 0 Å². The van der Waals surface area contributed by atoms with Gasteiger partial charge in [-0.3, -0.25) is 0 Å². The summed E-state index contributed by atoms with van der Waals surface area (Å²) in [5.41, 5.74) is -0.838. The molecule has 0 heterocycles. The Morgan fingerprint density at radius 3 is 2.30 bits per heavy atom. The van der Waals surface area contributed by atoms with Gasteiger partial charge in [-0.25, -0.2) is 4.79 Å². The van der Waals surface area contributed by atoms with Crippen molar-refractivity contribution in [3.05, 3.63) is 0 Å². The SMILES string of the molecule is CC(C)(C)OC(=O)N[C@]1(C)[C@H](C=O)C[C@@H]2C[C@H]1C2(C)C. The van der Waals surface area contributed by atoms with Crippen LogP contribution in [-0.2, 0) is 9.53 Å². The number of carbonyl (C=O) groups is 2. The van der Waals surface area contributed by atoms with Crippen molar-refractivity contribution in [2.24, 2.45) is 23.2 Å². The summed E-state index contributed by atoms with van der Waals surface area (Å²) in [5, 5.41) is 3.00. The first-order valence-electron chi connectivity index (χ1n) is 7.47. The summed E-state index contributed by atoms with van der Waals surface area (Å²) >= 11 is 0. The van der Waals surface area contributed by atoms with Crippen molar-refractivity contribution >= 4 is 12.4 Å². The molecule has 3 aliphatic rings. The minimum absolute atomic E-state index is 0.119. The fraction of sp³-hybridized carbons (Fsp3) is 0.875. The molecule has 2 bridgehead atoms. The van der Waals surface area contributed by atoms with Crippen molar-refractivity contribution in [1.29, 1.82) is 0 Å². The van der Waals surface area contributed by atoms with Crippen LogP contribution in [0.2, 0.25) is 0 Å². The lowest BCUT2D eigenvalue weighted by molar-refractivity contribution is -0.157. The number of alkyl carbamates (subject to hydrolysis) is 1. The summed E-state index contributed by atoms with van der Waals surface area (Å²) in [7, 11) is 0. The fourth-order valence-corrected chi connectivity index (χ4v) is 4.14. The molecule has 3 fully saturated rings. The summed E-state index contributed by atoms with van der Waals surface area (Å²) in [6, 6.07) is 0. The highest BCUT2D eigenvalue weighted by Gasteiger charge is 2.63. The van der Waals surface area contributed by atoms with E-state index in [0.717, 1.165) is 19.1 Å². The number of fused-ring (bicyclic) bond motifs is 2. The quantitative estimate of drug-likeness (QED) is 0.791. The van der Waals surface area contributed by atoms with Gasteiger partial charge in [0.15, 0.2) is 0 Å². The Hall–Kier alpha value is -1.06. The molecule has 3 aliphatic carbocycles. The highest BCUT2D eigenvalue weighted by molar-refractivity contribution is 5.71. The zero-order chi connectivity index (χ0) is 15.3. The number of amides is 1. The van der Waals surface area contributed by atoms with E-state index in [-0.39, 0.29) is 11.3 Å².